The van der Waals surface area contributed by atoms with Crippen molar-refractivity contribution >= 4 is 71.0 Å². The van der Waals surface area contributed by atoms with Gasteiger partial charge in [0.05, 0.1) is 25.3 Å². The lowest BCUT2D eigenvalue weighted by Gasteiger charge is -2.11. The molecule has 43 heavy (non-hydrogen) atoms. The van der Waals surface area contributed by atoms with Gasteiger partial charge >= 0.3 is 0 Å². The van der Waals surface area contributed by atoms with E-state index in [9.17, 15) is 19.8 Å². The number of hydrogen-bond donors (Lipinski definition) is 2. The molecule has 1 aromatic heterocycles. The molecule has 0 saturated carbocycles. The van der Waals surface area contributed by atoms with Crippen molar-refractivity contribution in [3.05, 3.63) is 101 Å². The molecule has 5 aromatic carbocycles. The van der Waals surface area contributed by atoms with Crippen LogP contribution in [0.1, 0.15) is 10.5 Å². The molecule has 0 radical (unpaired) electrons. The van der Waals surface area contributed by atoms with E-state index in [2.05, 4.69) is 29.2 Å². The van der Waals surface area contributed by atoms with Gasteiger partial charge in [0.15, 0.2) is 17.2 Å². The molecule has 0 unspecified atom stereocenters. The van der Waals surface area contributed by atoms with Gasteiger partial charge in [0.2, 0.25) is 0 Å². The molecule has 2 N–H and O–H groups in total. The zero-order valence-electron chi connectivity index (χ0n) is 23.2. The highest BCUT2D eigenvalue weighted by molar-refractivity contribution is 8.76. The number of fused-ring (bicyclic) bond motifs is 3. The van der Waals surface area contributed by atoms with Crippen molar-refractivity contribution in [3.8, 4) is 23.0 Å². The summed E-state index contributed by atoms with van der Waals surface area (Å²) in [4.78, 5) is 29.4. The van der Waals surface area contributed by atoms with Crippen molar-refractivity contribution in [1.29, 1.82) is 0 Å². The molecule has 0 aliphatic rings. The van der Waals surface area contributed by atoms with E-state index in [1.807, 2.05) is 24.3 Å². The first-order valence-electron chi connectivity index (χ1n) is 12.8. The maximum atomic E-state index is 11.9. The fourth-order valence-corrected chi connectivity index (χ4v) is 6.51. The quantitative estimate of drug-likeness (QED) is 0.142. The Morgan fingerprint density at radius 1 is 0.744 bits per heavy atom. The van der Waals surface area contributed by atoms with Crippen molar-refractivity contribution < 1.29 is 24.5 Å². The Balaban J connectivity index is 0.000000177. The fourth-order valence-electron chi connectivity index (χ4n) is 4.40. The predicted molar refractivity (Wildman–Crippen MR) is 173 cm³/mol. The number of nitrogens with zero attached hydrogens (tertiary/aromatic N) is 2. The van der Waals surface area contributed by atoms with Crippen molar-refractivity contribution in [3.63, 3.8) is 0 Å². The van der Waals surface area contributed by atoms with E-state index < -0.39 is 10.8 Å². The molecule has 0 aliphatic heterocycles. The smallest absolute Gasteiger partial charge is 0.281 e. The van der Waals surface area contributed by atoms with Gasteiger partial charge in [-0.05, 0) is 81.7 Å². The van der Waals surface area contributed by atoms with E-state index in [0.29, 0.717) is 34.0 Å². The highest BCUT2D eigenvalue weighted by Gasteiger charge is 2.16. The third-order valence-corrected chi connectivity index (χ3v) is 9.15. The Kier molecular flexibility index (Phi) is 9.00. The zero-order valence-corrected chi connectivity index (χ0v) is 25.6. The van der Waals surface area contributed by atoms with Gasteiger partial charge in [0.1, 0.15) is 11.5 Å². The number of carbonyl (C=O) groups excluding carboxylic acids is 1. The SMILES string of the molecule is COc1cc2nc(C(=O)Cl)c(=O)n(C)c2cc1OC.Oc1ccc2cc(SSc3ccc4cc(O)ccc4c3)ccc2c1. The van der Waals surface area contributed by atoms with Gasteiger partial charge in [-0.25, -0.2) is 4.98 Å². The van der Waals surface area contributed by atoms with E-state index in [4.69, 9.17) is 21.1 Å². The van der Waals surface area contributed by atoms with Crippen molar-refractivity contribution in [2.45, 2.75) is 9.79 Å². The molecule has 0 spiro atoms. The molecule has 218 valence electrons. The Morgan fingerprint density at radius 3 is 1.70 bits per heavy atom. The standard InChI is InChI=1S/C20H14O2S2.C12H11ClN2O4/c21-17-5-1-15-11-19(7-3-13(15)9-17)23-24-20-8-4-14-10-18(22)6-2-16(14)12-20;1-15-7-5-9(19-3)8(18-2)4-6(7)14-10(11(13)16)12(15)17/h1-12,21-22H;4-5H,1-3H3. The number of aromatic nitrogens is 2. The number of methoxy groups -OCH3 is 2. The van der Waals surface area contributed by atoms with E-state index >= 15 is 0 Å². The molecule has 1 heterocycles. The first-order valence-corrected chi connectivity index (χ1v) is 15.3. The third kappa shape index (κ3) is 6.67. The van der Waals surface area contributed by atoms with Gasteiger partial charge in [0.25, 0.3) is 10.8 Å². The average Bonchev–Trinajstić information content (AvgIpc) is 3.01. The maximum Gasteiger partial charge on any atom is 0.281 e. The second-order valence-electron chi connectivity index (χ2n) is 9.35. The lowest BCUT2D eigenvalue weighted by atomic mass is 10.1. The van der Waals surface area contributed by atoms with Crippen molar-refractivity contribution in [2.24, 2.45) is 7.05 Å². The third-order valence-electron chi connectivity index (χ3n) is 6.59. The Bertz CT molecular complexity index is 1980. The van der Waals surface area contributed by atoms with Gasteiger partial charge in [-0.2, -0.15) is 0 Å². The summed E-state index contributed by atoms with van der Waals surface area (Å²) in [6.45, 7) is 0. The highest BCUT2D eigenvalue weighted by Crippen LogP contribution is 2.40. The van der Waals surface area contributed by atoms with Crippen LogP contribution in [0.25, 0.3) is 32.6 Å². The molecule has 6 aromatic rings. The summed E-state index contributed by atoms with van der Waals surface area (Å²) in [7, 11) is 7.92. The molecule has 0 aliphatic carbocycles. The summed E-state index contributed by atoms with van der Waals surface area (Å²) in [5, 5.41) is 22.5. The van der Waals surface area contributed by atoms with Crippen molar-refractivity contribution in [1.82, 2.24) is 9.55 Å². The number of carbonyl (C=O) groups is 1. The number of halogens is 1. The number of aromatic hydroxyl groups is 2. The molecule has 0 atom stereocenters. The van der Waals surface area contributed by atoms with Crippen LogP contribution < -0.4 is 15.0 Å². The van der Waals surface area contributed by atoms with Crippen LogP contribution in [0.4, 0.5) is 0 Å². The van der Waals surface area contributed by atoms with Crippen LogP contribution in [0.15, 0.2) is 99.5 Å². The zero-order chi connectivity index (χ0) is 30.7. The number of aryl methyl sites for hydroxylation is 1. The van der Waals surface area contributed by atoms with Crippen LogP contribution in [-0.4, -0.2) is 39.2 Å². The van der Waals surface area contributed by atoms with Crippen LogP contribution in [-0.2, 0) is 7.05 Å². The molecule has 8 nitrogen and oxygen atoms in total. The maximum absolute atomic E-state index is 11.9. The monoisotopic (exact) mass is 632 g/mol. The van der Waals surface area contributed by atoms with Crippen LogP contribution in [0.2, 0.25) is 0 Å². The summed E-state index contributed by atoms with van der Waals surface area (Å²) in [6, 6.07) is 26.5. The number of rotatable bonds is 6. The number of benzene rings is 5. The number of phenols is 2. The van der Waals surface area contributed by atoms with Gasteiger partial charge < -0.3 is 24.3 Å². The minimum absolute atomic E-state index is 0.291. The van der Waals surface area contributed by atoms with Gasteiger partial charge in [-0.1, -0.05) is 45.9 Å². The van der Waals surface area contributed by atoms with Gasteiger partial charge in [-0.15, -0.1) is 0 Å². The highest BCUT2D eigenvalue weighted by atomic mass is 35.5. The molecule has 6 rings (SSSR count). The molecule has 0 saturated heterocycles. The minimum atomic E-state index is -0.891. The lowest BCUT2D eigenvalue weighted by Crippen LogP contribution is -2.25. The molecule has 0 bridgehead atoms. The van der Waals surface area contributed by atoms with Crippen LogP contribution in [0.3, 0.4) is 0 Å². The van der Waals surface area contributed by atoms with Crippen LogP contribution in [0.5, 0.6) is 23.0 Å². The number of ether oxygens (including phenoxy) is 2. The van der Waals surface area contributed by atoms with E-state index in [-0.39, 0.29) is 5.69 Å². The van der Waals surface area contributed by atoms with Crippen molar-refractivity contribution in [2.75, 3.05) is 14.2 Å². The Hall–Kier alpha value is -4.38. The summed E-state index contributed by atoms with van der Waals surface area (Å²) in [6.07, 6.45) is 0. The molecule has 11 heteroatoms. The first-order chi connectivity index (χ1) is 20.7. The second-order valence-corrected chi connectivity index (χ2v) is 12.0. The van der Waals surface area contributed by atoms with E-state index in [1.165, 1.54) is 35.6 Å². The van der Waals surface area contributed by atoms with Crippen LogP contribution in [0, 0.1) is 0 Å². The number of phenolic OH excluding ortho intramolecular Hbond substituents is 2. The molecular weight excluding hydrogens is 608 g/mol. The molecule has 0 fully saturated rings. The lowest BCUT2D eigenvalue weighted by molar-refractivity contribution is 0.107. The Labute approximate surface area is 259 Å². The van der Waals surface area contributed by atoms with E-state index in [1.54, 1.807) is 58.0 Å². The fraction of sp³-hybridized carbons (Fsp3) is 0.0938. The molecule has 0 amide bonds. The van der Waals surface area contributed by atoms with Gasteiger partial charge in [-0.3, -0.25) is 9.59 Å². The average molecular weight is 633 g/mol. The van der Waals surface area contributed by atoms with Crippen LogP contribution >= 0.6 is 33.2 Å². The molecular formula is C32H25ClN2O6S2. The second kappa shape index (κ2) is 12.9. The summed E-state index contributed by atoms with van der Waals surface area (Å²) < 4.78 is 11.6. The minimum Gasteiger partial charge on any atom is -0.508 e. The summed E-state index contributed by atoms with van der Waals surface area (Å²) in [5.41, 5.74) is 0.0664. The largest absolute Gasteiger partial charge is 0.508 e. The first kappa shape index (κ1) is 30.1. The summed E-state index contributed by atoms with van der Waals surface area (Å²) >= 11 is 5.34. The Morgan fingerprint density at radius 2 is 1.21 bits per heavy atom. The predicted octanol–water partition coefficient (Wildman–Crippen LogP) is 7.53. The number of hydrogen-bond acceptors (Lipinski definition) is 9. The topological polar surface area (TPSA) is 111 Å². The normalized spacial score (nSPS) is 10.9. The summed E-state index contributed by atoms with van der Waals surface area (Å²) in [5.74, 6) is 1.50. The van der Waals surface area contributed by atoms with Gasteiger partial charge in [0, 0.05) is 29.0 Å². The van der Waals surface area contributed by atoms with E-state index in [0.717, 1.165) is 21.5 Å².